The predicted octanol–water partition coefficient (Wildman–Crippen LogP) is 2.31. The van der Waals surface area contributed by atoms with Crippen molar-refractivity contribution in [3.8, 4) is 0 Å². The highest BCUT2D eigenvalue weighted by atomic mass is 32.1. The number of hydrazine groups is 1. The summed E-state index contributed by atoms with van der Waals surface area (Å²) >= 11 is 1.76. The highest BCUT2D eigenvalue weighted by molar-refractivity contribution is 7.10. The Hall–Kier alpha value is -1.66. The van der Waals surface area contributed by atoms with E-state index in [2.05, 4.69) is 39.1 Å². The van der Waals surface area contributed by atoms with E-state index >= 15 is 0 Å². The molecule has 2 heterocycles. The van der Waals surface area contributed by atoms with E-state index in [-0.39, 0.29) is 0 Å². The van der Waals surface area contributed by atoms with Crippen molar-refractivity contribution in [2.75, 3.05) is 10.7 Å². The number of aryl methyl sites for hydroxylation is 1. The van der Waals surface area contributed by atoms with E-state index < -0.39 is 0 Å². The number of hydrogen-bond donors (Lipinski definition) is 3. The number of nitrogens with zero attached hydrogens (tertiary/aromatic N) is 2. The SMILES string of the molecule is CCc1ccsc1CNc1ncnc(NN)c1C. The second-order valence-electron chi connectivity index (χ2n) is 3.92. The number of nitrogen functional groups attached to an aromatic ring is 1. The summed E-state index contributed by atoms with van der Waals surface area (Å²) in [5, 5.41) is 5.45. The maximum absolute atomic E-state index is 5.39. The Balaban J connectivity index is 2.11. The zero-order chi connectivity index (χ0) is 13.0. The Morgan fingerprint density at radius 3 is 2.83 bits per heavy atom. The van der Waals surface area contributed by atoms with Crippen molar-refractivity contribution in [1.29, 1.82) is 0 Å². The van der Waals surface area contributed by atoms with Crippen LogP contribution in [0.3, 0.4) is 0 Å². The van der Waals surface area contributed by atoms with Crippen LogP contribution in [0.1, 0.15) is 22.9 Å². The number of nitrogens with two attached hydrogens (primary N) is 1. The quantitative estimate of drug-likeness (QED) is 0.570. The van der Waals surface area contributed by atoms with Gasteiger partial charge in [0.25, 0.3) is 0 Å². The Labute approximate surface area is 110 Å². The Kier molecular flexibility index (Phi) is 4.11. The molecule has 0 amide bonds. The summed E-state index contributed by atoms with van der Waals surface area (Å²) in [7, 11) is 0. The molecule has 2 aromatic rings. The second-order valence-corrected chi connectivity index (χ2v) is 4.92. The van der Waals surface area contributed by atoms with Crippen LogP contribution in [0.15, 0.2) is 17.8 Å². The number of rotatable bonds is 5. The normalized spacial score (nSPS) is 10.4. The number of hydrogen-bond acceptors (Lipinski definition) is 6. The summed E-state index contributed by atoms with van der Waals surface area (Å²) in [5.41, 5.74) is 4.87. The summed E-state index contributed by atoms with van der Waals surface area (Å²) in [6, 6.07) is 2.17. The first kappa shape index (κ1) is 12.8. The molecule has 0 radical (unpaired) electrons. The monoisotopic (exact) mass is 263 g/mol. The van der Waals surface area contributed by atoms with Crippen molar-refractivity contribution in [3.63, 3.8) is 0 Å². The molecule has 96 valence electrons. The van der Waals surface area contributed by atoms with E-state index in [4.69, 9.17) is 5.84 Å². The average molecular weight is 263 g/mol. The standard InChI is InChI=1S/C12H17N5S/c1-3-9-4-5-18-10(9)6-14-11-8(2)12(17-13)16-7-15-11/h4-5,7H,3,6,13H2,1-2H3,(H2,14,15,16,17). The molecular weight excluding hydrogens is 246 g/mol. The fraction of sp³-hybridized carbons (Fsp3) is 0.333. The molecule has 18 heavy (non-hydrogen) atoms. The molecule has 0 aliphatic heterocycles. The zero-order valence-corrected chi connectivity index (χ0v) is 11.3. The predicted molar refractivity (Wildman–Crippen MR) is 75.6 cm³/mol. The number of nitrogens with one attached hydrogen (secondary N) is 2. The van der Waals surface area contributed by atoms with E-state index in [1.165, 1.54) is 16.8 Å². The summed E-state index contributed by atoms with van der Waals surface area (Å²) in [4.78, 5) is 9.63. The van der Waals surface area contributed by atoms with Crippen molar-refractivity contribution < 1.29 is 0 Å². The molecule has 0 aliphatic carbocycles. The molecular formula is C12H17N5S. The average Bonchev–Trinajstić information content (AvgIpc) is 2.85. The molecule has 2 aromatic heterocycles. The fourth-order valence-electron chi connectivity index (χ4n) is 1.78. The summed E-state index contributed by atoms with van der Waals surface area (Å²) in [6.45, 7) is 4.88. The van der Waals surface area contributed by atoms with Gasteiger partial charge < -0.3 is 10.7 Å². The van der Waals surface area contributed by atoms with E-state index in [0.29, 0.717) is 5.82 Å². The molecule has 0 spiro atoms. The first-order valence-corrected chi connectivity index (χ1v) is 6.71. The van der Waals surface area contributed by atoms with Gasteiger partial charge in [-0.3, -0.25) is 0 Å². The van der Waals surface area contributed by atoms with Gasteiger partial charge in [-0.2, -0.15) is 0 Å². The van der Waals surface area contributed by atoms with E-state index in [9.17, 15) is 0 Å². The lowest BCUT2D eigenvalue weighted by atomic mass is 10.2. The van der Waals surface area contributed by atoms with Crippen LogP contribution in [-0.2, 0) is 13.0 Å². The molecule has 2 rings (SSSR count). The van der Waals surface area contributed by atoms with Gasteiger partial charge in [0.1, 0.15) is 18.0 Å². The molecule has 0 aromatic carbocycles. The third-order valence-electron chi connectivity index (χ3n) is 2.86. The molecule has 0 fully saturated rings. The first-order chi connectivity index (χ1) is 8.76. The van der Waals surface area contributed by atoms with Crippen molar-refractivity contribution in [3.05, 3.63) is 33.8 Å². The van der Waals surface area contributed by atoms with Gasteiger partial charge >= 0.3 is 0 Å². The third kappa shape index (κ3) is 2.60. The number of thiophene rings is 1. The van der Waals surface area contributed by atoms with Gasteiger partial charge in [-0.05, 0) is 30.4 Å². The lowest BCUT2D eigenvalue weighted by Gasteiger charge is -2.10. The van der Waals surface area contributed by atoms with Gasteiger partial charge in [-0.25, -0.2) is 15.8 Å². The van der Waals surface area contributed by atoms with Crippen molar-refractivity contribution >= 4 is 23.0 Å². The van der Waals surface area contributed by atoms with Crippen LogP contribution in [0.4, 0.5) is 11.6 Å². The topological polar surface area (TPSA) is 75.9 Å². The van der Waals surface area contributed by atoms with Crippen LogP contribution in [0.2, 0.25) is 0 Å². The van der Waals surface area contributed by atoms with Crippen molar-refractivity contribution in [2.45, 2.75) is 26.8 Å². The van der Waals surface area contributed by atoms with Crippen LogP contribution >= 0.6 is 11.3 Å². The molecule has 0 unspecified atom stereocenters. The summed E-state index contributed by atoms with van der Waals surface area (Å²) in [6.07, 6.45) is 2.55. The minimum Gasteiger partial charge on any atom is -0.365 e. The van der Waals surface area contributed by atoms with Gasteiger partial charge in [0.2, 0.25) is 0 Å². The van der Waals surface area contributed by atoms with Crippen LogP contribution in [0, 0.1) is 6.92 Å². The highest BCUT2D eigenvalue weighted by Gasteiger charge is 2.07. The Morgan fingerprint density at radius 2 is 2.11 bits per heavy atom. The smallest absolute Gasteiger partial charge is 0.148 e. The van der Waals surface area contributed by atoms with Crippen LogP contribution in [0.5, 0.6) is 0 Å². The van der Waals surface area contributed by atoms with Gasteiger partial charge in [0.15, 0.2) is 0 Å². The molecule has 4 N–H and O–H groups in total. The van der Waals surface area contributed by atoms with Crippen LogP contribution in [-0.4, -0.2) is 9.97 Å². The molecule has 5 nitrogen and oxygen atoms in total. The van der Waals surface area contributed by atoms with Crippen molar-refractivity contribution in [1.82, 2.24) is 9.97 Å². The lowest BCUT2D eigenvalue weighted by molar-refractivity contribution is 1.04. The Bertz CT molecular complexity index is 523. The molecule has 0 atom stereocenters. The molecule has 0 saturated heterocycles. The van der Waals surface area contributed by atoms with E-state index in [1.807, 2.05) is 6.92 Å². The maximum atomic E-state index is 5.39. The molecule has 0 aliphatic rings. The fourth-order valence-corrected chi connectivity index (χ4v) is 2.69. The lowest BCUT2D eigenvalue weighted by Crippen LogP contribution is -2.12. The molecule has 0 bridgehead atoms. The van der Waals surface area contributed by atoms with Gasteiger partial charge in [0.05, 0.1) is 6.54 Å². The van der Waals surface area contributed by atoms with Gasteiger partial charge in [-0.15, -0.1) is 11.3 Å². The number of aromatic nitrogens is 2. The third-order valence-corrected chi connectivity index (χ3v) is 3.82. The minimum absolute atomic E-state index is 0.648. The van der Waals surface area contributed by atoms with Gasteiger partial charge in [0, 0.05) is 10.4 Å². The number of anilines is 2. The summed E-state index contributed by atoms with van der Waals surface area (Å²) < 4.78 is 0. The molecule has 6 heteroatoms. The first-order valence-electron chi connectivity index (χ1n) is 5.83. The van der Waals surface area contributed by atoms with E-state index in [0.717, 1.165) is 24.3 Å². The second kappa shape index (κ2) is 5.79. The maximum Gasteiger partial charge on any atom is 0.148 e. The summed E-state index contributed by atoms with van der Waals surface area (Å²) in [5.74, 6) is 6.85. The highest BCUT2D eigenvalue weighted by Crippen LogP contribution is 2.21. The largest absolute Gasteiger partial charge is 0.365 e. The van der Waals surface area contributed by atoms with E-state index in [1.54, 1.807) is 11.3 Å². The molecule has 0 saturated carbocycles. The Morgan fingerprint density at radius 1 is 1.33 bits per heavy atom. The van der Waals surface area contributed by atoms with Crippen molar-refractivity contribution in [2.24, 2.45) is 5.84 Å². The van der Waals surface area contributed by atoms with Crippen LogP contribution < -0.4 is 16.6 Å². The zero-order valence-electron chi connectivity index (χ0n) is 10.5. The minimum atomic E-state index is 0.648. The van der Waals surface area contributed by atoms with Gasteiger partial charge in [-0.1, -0.05) is 6.92 Å². The van der Waals surface area contributed by atoms with Crippen LogP contribution in [0.25, 0.3) is 0 Å².